The van der Waals surface area contributed by atoms with Crippen LogP contribution in [0.25, 0.3) is 0 Å². The minimum Gasteiger partial charge on any atom is -0.353 e. The average Bonchev–Trinajstić information content (AvgIpc) is 2.71. The average molecular weight is 269 g/mol. The third kappa shape index (κ3) is 3.76. The van der Waals surface area contributed by atoms with Gasteiger partial charge in [-0.1, -0.05) is 0 Å². The Morgan fingerprint density at radius 2 is 2.32 bits per heavy atom. The minimum atomic E-state index is -0.110. The molecule has 5 nitrogen and oxygen atoms in total. The van der Waals surface area contributed by atoms with Crippen molar-refractivity contribution in [1.82, 2.24) is 4.90 Å². The van der Waals surface area contributed by atoms with E-state index in [0.717, 1.165) is 38.7 Å². The summed E-state index contributed by atoms with van der Waals surface area (Å²) in [6, 6.07) is 0. The van der Waals surface area contributed by atoms with Crippen molar-refractivity contribution in [3.05, 3.63) is 0 Å². The van der Waals surface area contributed by atoms with Gasteiger partial charge in [0.2, 0.25) is 5.91 Å². The minimum absolute atomic E-state index is 0.0706. The molecule has 2 aliphatic heterocycles. The number of likely N-dealkylation sites (tertiary alicyclic amines) is 1. The number of hydrogen-bond donors (Lipinski definition) is 0. The predicted octanol–water partition coefficient (Wildman–Crippen LogP) is 1.21. The zero-order chi connectivity index (χ0) is 13.7. The maximum absolute atomic E-state index is 12.0. The molecule has 0 aromatic rings. The van der Waals surface area contributed by atoms with E-state index in [-0.39, 0.29) is 24.0 Å². The summed E-state index contributed by atoms with van der Waals surface area (Å²) in [4.78, 5) is 24.2. The first-order chi connectivity index (χ1) is 9.22. The van der Waals surface area contributed by atoms with Gasteiger partial charge in [-0.2, -0.15) is 0 Å². The highest BCUT2D eigenvalue weighted by molar-refractivity contribution is 5.81. The van der Waals surface area contributed by atoms with E-state index in [9.17, 15) is 9.59 Å². The quantitative estimate of drug-likeness (QED) is 0.680. The summed E-state index contributed by atoms with van der Waals surface area (Å²) in [6.45, 7) is 2.03. The number of nitrogens with zero attached hydrogens (tertiary/aromatic N) is 1. The first-order valence-corrected chi connectivity index (χ1v) is 7.14. The molecule has 19 heavy (non-hydrogen) atoms. The van der Waals surface area contributed by atoms with Crippen molar-refractivity contribution < 1.29 is 19.1 Å². The Labute approximate surface area is 114 Å². The number of carbonyl (C=O) groups is 2. The van der Waals surface area contributed by atoms with Gasteiger partial charge in [0, 0.05) is 38.5 Å². The molecule has 2 heterocycles. The van der Waals surface area contributed by atoms with E-state index in [1.165, 1.54) is 0 Å². The van der Waals surface area contributed by atoms with Gasteiger partial charge < -0.3 is 19.2 Å². The van der Waals surface area contributed by atoms with Crippen molar-refractivity contribution in [3.63, 3.8) is 0 Å². The standard InChI is InChI=1S/C14H23NO4/c1-15-9-11(12(14(15)17)5-4-7-16)10-19-13-6-2-3-8-18-13/h7,11-13H,2-6,8-10H2,1H3. The normalized spacial score (nSPS) is 31.7. The van der Waals surface area contributed by atoms with Crippen molar-refractivity contribution in [3.8, 4) is 0 Å². The van der Waals surface area contributed by atoms with Crippen molar-refractivity contribution >= 4 is 12.2 Å². The van der Waals surface area contributed by atoms with Gasteiger partial charge in [0.1, 0.15) is 6.29 Å². The zero-order valence-electron chi connectivity index (χ0n) is 11.5. The lowest BCUT2D eigenvalue weighted by Gasteiger charge is -2.25. The molecule has 2 saturated heterocycles. The molecule has 3 atom stereocenters. The number of hydrogen-bond acceptors (Lipinski definition) is 4. The molecule has 3 unspecified atom stereocenters. The summed E-state index contributed by atoms with van der Waals surface area (Å²) >= 11 is 0. The number of carbonyl (C=O) groups excluding carboxylic acids is 2. The highest BCUT2D eigenvalue weighted by Crippen LogP contribution is 2.28. The molecule has 0 radical (unpaired) electrons. The molecule has 0 bridgehead atoms. The third-order valence-electron chi connectivity index (χ3n) is 4.00. The second kappa shape index (κ2) is 7.01. The summed E-state index contributed by atoms with van der Waals surface area (Å²) in [5.41, 5.74) is 0. The summed E-state index contributed by atoms with van der Waals surface area (Å²) in [5, 5.41) is 0. The number of rotatable bonds is 6. The molecule has 0 N–H and O–H groups in total. The Bertz CT molecular complexity index is 315. The lowest BCUT2D eigenvalue weighted by Crippen LogP contribution is -2.28. The van der Waals surface area contributed by atoms with Crippen LogP contribution in [0.1, 0.15) is 32.1 Å². The van der Waals surface area contributed by atoms with E-state index in [1.807, 2.05) is 7.05 Å². The second-order valence-corrected chi connectivity index (χ2v) is 5.46. The molecule has 0 spiro atoms. The highest BCUT2D eigenvalue weighted by Gasteiger charge is 2.38. The zero-order valence-corrected chi connectivity index (χ0v) is 11.5. The van der Waals surface area contributed by atoms with Crippen molar-refractivity contribution in [2.75, 3.05) is 26.8 Å². The van der Waals surface area contributed by atoms with Gasteiger partial charge in [-0.25, -0.2) is 0 Å². The van der Waals surface area contributed by atoms with Crippen LogP contribution in [-0.2, 0) is 19.1 Å². The summed E-state index contributed by atoms with van der Waals surface area (Å²) < 4.78 is 11.3. The molecule has 2 fully saturated rings. The number of amides is 1. The maximum Gasteiger partial charge on any atom is 0.225 e. The molecule has 1 amide bonds. The molecule has 0 aromatic carbocycles. The fraction of sp³-hybridized carbons (Fsp3) is 0.857. The van der Waals surface area contributed by atoms with Crippen LogP contribution >= 0.6 is 0 Å². The van der Waals surface area contributed by atoms with E-state index in [1.54, 1.807) is 4.90 Å². The predicted molar refractivity (Wildman–Crippen MR) is 69.5 cm³/mol. The molecule has 0 saturated carbocycles. The van der Waals surface area contributed by atoms with Crippen LogP contribution in [0.15, 0.2) is 0 Å². The van der Waals surface area contributed by atoms with Crippen LogP contribution in [0.3, 0.4) is 0 Å². The van der Waals surface area contributed by atoms with Crippen molar-refractivity contribution in [1.29, 1.82) is 0 Å². The fourth-order valence-electron chi connectivity index (χ4n) is 2.90. The fourth-order valence-corrected chi connectivity index (χ4v) is 2.90. The topological polar surface area (TPSA) is 55.8 Å². The van der Waals surface area contributed by atoms with Crippen molar-refractivity contribution in [2.45, 2.75) is 38.4 Å². The van der Waals surface area contributed by atoms with Gasteiger partial charge in [0.25, 0.3) is 0 Å². The third-order valence-corrected chi connectivity index (χ3v) is 4.00. The van der Waals surface area contributed by atoms with E-state index < -0.39 is 0 Å². The second-order valence-electron chi connectivity index (χ2n) is 5.46. The van der Waals surface area contributed by atoms with Gasteiger partial charge in [0.15, 0.2) is 6.29 Å². The van der Waals surface area contributed by atoms with Gasteiger partial charge in [-0.3, -0.25) is 4.79 Å². The van der Waals surface area contributed by atoms with Gasteiger partial charge in [0.05, 0.1) is 6.61 Å². The Balaban J connectivity index is 1.82. The number of aldehydes is 1. The molecule has 5 heteroatoms. The SMILES string of the molecule is CN1CC(COC2CCCCO2)C(CCC=O)C1=O. The first kappa shape index (κ1) is 14.5. The van der Waals surface area contributed by atoms with Crippen molar-refractivity contribution in [2.24, 2.45) is 11.8 Å². The summed E-state index contributed by atoms with van der Waals surface area (Å²) in [6.07, 6.45) is 5.03. The first-order valence-electron chi connectivity index (χ1n) is 7.14. The smallest absolute Gasteiger partial charge is 0.225 e. The van der Waals surface area contributed by atoms with E-state index in [4.69, 9.17) is 9.47 Å². The summed E-state index contributed by atoms with van der Waals surface area (Å²) in [5.74, 6) is 0.252. The molecular formula is C14H23NO4. The molecule has 2 rings (SSSR count). The van der Waals surface area contributed by atoms with Gasteiger partial charge >= 0.3 is 0 Å². The Morgan fingerprint density at radius 3 is 3.00 bits per heavy atom. The van der Waals surface area contributed by atoms with Crippen LogP contribution in [0.5, 0.6) is 0 Å². The van der Waals surface area contributed by atoms with E-state index in [2.05, 4.69) is 0 Å². The molecule has 0 aliphatic carbocycles. The van der Waals surface area contributed by atoms with Gasteiger partial charge in [-0.05, 0) is 25.7 Å². The maximum atomic E-state index is 12.0. The van der Waals surface area contributed by atoms with Crippen LogP contribution < -0.4 is 0 Å². The highest BCUT2D eigenvalue weighted by atomic mass is 16.7. The Kier molecular flexibility index (Phi) is 5.34. The molecular weight excluding hydrogens is 246 g/mol. The van der Waals surface area contributed by atoms with Crippen LogP contribution in [0.2, 0.25) is 0 Å². The molecule has 108 valence electrons. The number of ether oxygens (including phenoxy) is 2. The van der Waals surface area contributed by atoms with Gasteiger partial charge in [-0.15, -0.1) is 0 Å². The van der Waals surface area contributed by atoms with E-state index in [0.29, 0.717) is 19.4 Å². The van der Waals surface area contributed by atoms with E-state index >= 15 is 0 Å². The monoisotopic (exact) mass is 269 g/mol. The molecule has 0 aromatic heterocycles. The largest absolute Gasteiger partial charge is 0.353 e. The van der Waals surface area contributed by atoms with Crippen LogP contribution in [-0.4, -0.2) is 50.2 Å². The Morgan fingerprint density at radius 1 is 1.47 bits per heavy atom. The van der Waals surface area contributed by atoms with Crippen LogP contribution in [0, 0.1) is 11.8 Å². The van der Waals surface area contributed by atoms with Crippen LogP contribution in [0.4, 0.5) is 0 Å². The molecule has 2 aliphatic rings. The summed E-state index contributed by atoms with van der Waals surface area (Å²) in [7, 11) is 1.81. The lowest BCUT2D eigenvalue weighted by molar-refractivity contribution is -0.170. The Hall–Kier alpha value is -0.940. The lowest BCUT2D eigenvalue weighted by atomic mass is 9.92.